The summed E-state index contributed by atoms with van der Waals surface area (Å²) >= 11 is 0. The lowest BCUT2D eigenvalue weighted by atomic mass is 10.2. The standard InChI is InChI=1S/C7H11F2N3/c1-5(2)3-12-4-10-7(11-12)6(8)9/h4-6H,3H2,1-2H3. The van der Waals surface area contributed by atoms with E-state index in [0.29, 0.717) is 12.5 Å². The van der Waals surface area contributed by atoms with Gasteiger partial charge in [0.05, 0.1) is 0 Å². The van der Waals surface area contributed by atoms with Gasteiger partial charge < -0.3 is 0 Å². The first-order valence-electron chi connectivity index (χ1n) is 3.77. The summed E-state index contributed by atoms with van der Waals surface area (Å²) in [7, 11) is 0. The largest absolute Gasteiger partial charge is 0.299 e. The van der Waals surface area contributed by atoms with Crippen LogP contribution in [0.3, 0.4) is 0 Å². The molecule has 0 atom stereocenters. The molecule has 0 N–H and O–H groups in total. The first-order valence-corrected chi connectivity index (χ1v) is 3.77. The predicted octanol–water partition coefficient (Wildman–Crippen LogP) is 1.87. The lowest BCUT2D eigenvalue weighted by Gasteiger charge is -2.02. The van der Waals surface area contributed by atoms with E-state index in [-0.39, 0.29) is 0 Å². The van der Waals surface area contributed by atoms with Gasteiger partial charge in [0.15, 0.2) is 0 Å². The van der Waals surface area contributed by atoms with Gasteiger partial charge in [0, 0.05) is 6.54 Å². The molecular formula is C7H11F2N3. The second kappa shape index (κ2) is 3.60. The van der Waals surface area contributed by atoms with E-state index >= 15 is 0 Å². The van der Waals surface area contributed by atoms with Gasteiger partial charge in [0.25, 0.3) is 6.43 Å². The molecule has 0 aliphatic rings. The zero-order chi connectivity index (χ0) is 9.14. The van der Waals surface area contributed by atoms with Crippen LogP contribution in [-0.4, -0.2) is 14.8 Å². The van der Waals surface area contributed by atoms with Gasteiger partial charge in [0.2, 0.25) is 5.82 Å². The molecule has 0 aliphatic carbocycles. The van der Waals surface area contributed by atoms with Crippen LogP contribution in [0.25, 0.3) is 0 Å². The highest BCUT2D eigenvalue weighted by atomic mass is 19.3. The van der Waals surface area contributed by atoms with Crippen molar-refractivity contribution in [2.24, 2.45) is 5.92 Å². The minimum absolute atomic E-state index is 0.386. The van der Waals surface area contributed by atoms with Crippen molar-refractivity contribution in [1.82, 2.24) is 14.8 Å². The fourth-order valence-corrected chi connectivity index (χ4v) is 0.871. The molecule has 0 amide bonds. The monoisotopic (exact) mass is 175 g/mol. The van der Waals surface area contributed by atoms with Crippen molar-refractivity contribution >= 4 is 0 Å². The van der Waals surface area contributed by atoms with Crippen LogP contribution in [0.5, 0.6) is 0 Å². The number of hydrogen-bond acceptors (Lipinski definition) is 2. The summed E-state index contributed by atoms with van der Waals surface area (Å²) < 4.78 is 25.4. The number of alkyl halides is 2. The Morgan fingerprint density at radius 3 is 2.58 bits per heavy atom. The van der Waals surface area contributed by atoms with Crippen molar-refractivity contribution in [2.45, 2.75) is 26.8 Å². The van der Waals surface area contributed by atoms with Gasteiger partial charge in [-0.05, 0) is 5.92 Å². The minimum Gasteiger partial charge on any atom is -0.252 e. The summed E-state index contributed by atoms with van der Waals surface area (Å²) in [4.78, 5) is 3.47. The van der Waals surface area contributed by atoms with Crippen LogP contribution >= 0.6 is 0 Å². The lowest BCUT2D eigenvalue weighted by molar-refractivity contribution is 0.140. The molecule has 0 aromatic carbocycles. The topological polar surface area (TPSA) is 30.7 Å². The minimum atomic E-state index is -2.57. The highest BCUT2D eigenvalue weighted by Crippen LogP contribution is 2.12. The van der Waals surface area contributed by atoms with E-state index in [4.69, 9.17) is 0 Å². The second-order valence-electron chi connectivity index (χ2n) is 3.02. The van der Waals surface area contributed by atoms with Crippen molar-refractivity contribution in [2.75, 3.05) is 0 Å². The summed E-state index contributed by atoms with van der Waals surface area (Å²) in [6, 6.07) is 0. The Labute approximate surface area is 69.4 Å². The Hall–Kier alpha value is -1.00. The van der Waals surface area contributed by atoms with Crippen LogP contribution in [0.2, 0.25) is 0 Å². The third-order valence-corrected chi connectivity index (χ3v) is 1.30. The van der Waals surface area contributed by atoms with Gasteiger partial charge >= 0.3 is 0 Å². The highest BCUT2D eigenvalue weighted by molar-refractivity contribution is 4.82. The van der Waals surface area contributed by atoms with Crippen molar-refractivity contribution in [3.8, 4) is 0 Å². The number of nitrogens with zero attached hydrogens (tertiary/aromatic N) is 3. The summed E-state index contributed by atoms with van der Waals surface area (Å²) in [5, 5.41) is 3.61. The maximum Gasteiger partial charge on any atom is 0.299 e. The third kappa shape index (κ3) is 2.25. The molecule has 0 spiro atoms. The molecule has 0 saturated heterocycles. The van der Waals surface area contributed by atoms with Crippen molar-refractivity contribution in [3.05, 3.63) is 12.2 Å². The molecule has 0 radical (unpaired) electrons. The quantitative estimate of drug-likeness (QED) is 0.702. The third-order valence-electron chi connectivity index (χ3n) is 1.30. The smallest absolute Gasteiger partial charge is 0.252 e. The normalized spacial score (nSPS) is 11.5. The molecule has 0 bridgehead atoms. The van der Waals surface area contributed by atoms with Crippen molar-refractivity contribution < 1.29 is 8.78 Å². The number of rotatable bonds is 3. The van der Waals surface area contributed by atoms with Crippen LogP contribution in [-0.2, 0) is 6.54 Å². The van der Waals surface area contributed by atoms with Crippen LogP contribution in [0.4, 0.5) is 8.78 Å². The number of aromatic nitrogens is 3. The zero-order valence-corrected chi connectivity index (χ0v) is 7.04. The molecule has 0 unspecified atom stereocenters. The SMILES string of the molecule is CC(C)Cn1cnc(C(F)F)n1. The average molecular weight is 175 g/mol. The van der Waals surface area contributed by atoms with E-state index < -0.39 is 12.2 Å². The molecule has 1 aromatic heterocycles. The van der Waals surface area contributed by atoms with E-state index in [1.165, 1.54) is 11.0 Å². The van der Waals surface area contributed by atoms with E-state index in [9.17, 15) is 8.78 Å². The zero-order valence-electron chi connectivity index (χ0n) is 7.04. The Morgan fingerprint density at radius 2 is 2.17 bits per heavy atom. The first-order chi connectivity index (χ1) is 5.59. The second-order valence-corrected chi connectivity index (χ2v) is 3.02. The Balaban J connectivity index is 2.64. The molecule has 1 aromatic rings. The average Bonchev–Trinajstić information content (AvgIpc) is 2.34. The van der Waals surface area contributed by atoms with Gasteiger partial charge in [-0.2, -0.15) is 0 Å². The van der Waals surface area contributed by atoms with Crippen LogP contribution in [0.1, 0.15) is 26.1 Å². The Kier molecular flexibility index (Phi) is 2.73. The molecule has 0 aliphatic heterocycles. The first kappa shape index (κ1) is 9.09. The fourth-order valence-electron chi connectivity index (χ4n) is 0.871. The number of hydrogen-bond donors (Lipinski definition) is 0. The van der Waals surface area contributed by atoms with E-state index in [1.807, 2.05) is 13.8 Å². The Morgan fingerprint density at radius 1 is 1.50 bits per heavy atom. The van der Waals surface area contributed by atoms with E-state index in [0.717, 1.165) is 0 Å². The van der Waals surface area contributed by atoms with Crippen molar-refractivity contribution in [1.29, 1.82) is 0 Å². The summed E-state index contributed by atoms with van der Waals surface area (Å²) in [6.07, 6.45) is -1.24. The molecule has 3 nitrogen and oxygen atoms in total. The lowest BCUT2D eigenvalue weighted by Crippen LogP contribution is -2.05. The maximum absolute atomic E-state index is 12.0. The molecule has 0 saturated carbocycles. The summed E-state index contributed by atoms with van der Waals surface area (Å²) in [5.41, 5.74) is 0. The predicted molar refractivity (Wildman–Crippen MR) is 39.8 cm³/mol. The van der Waals surface area contributed by atoms with Gasteiger partial charge in [-0.1, -0.05) is 13.8 Å². The van der Waals surface area contributed by atoms with Gasteiger partial charge in [-0.15, -0.1) is 5.10 Å². The molecular weight excluding hydrogens is 164 g/mol. The maximum atomic E-state index is 12.0. The fraction of sp³-hybridized carbons (Fsp3) is 0.714. The van der Waals surface area contributed by atoms with Crippen LogP contribution in [0, 0.1) is 5.92 Å². The highest BCUT2D eigenvalue weighted by Gasteiger charge is 2.12. The summed E-state index contributed by atoms with van der Waals surface area (Å²) in [5.74, 6) is -0.00660. The molecule has 68 valence electrons. The van der Waals surface area contributed by atoms with E-state index in [1.54, 1.807) is 0 Å². The Bertz CT molecular complexity index is 245. The number of halogens is 2. The molecule has 5 heteroatoms. The van der Waals surface area contributed by atoms with Crippen LogP contribution < -0.4 is 0 Å². The van der Waals surface area contributed by atoms with E-state index in [2.05, 4.69) is 10.1 Å². The van der Waals surface area contributed by atoms with Crippen molar-refractivity contribution in [3.63, 3.8) is 0 Å². The van der Waals surface area contributed by atoms with Gasteiger partial charge in [0.1, 0.15) is 6.33 Å². The molecule has 12 heavy (non-hydrogen) atoms. The van der Waals surface area contributed by atoms with Crippen LogP contribution in [0.15, 0.2) is 6.33 Å². The summed E-state index contributed by atoms with van der Waals surface area (Å²) in [6.45, 7) is 4.60. The molecule has 1 rings (SSSR count). The van der Waals surface area contributed by atoms with Gasteiger partial charge in [-0.25, -0.2) is 13.8 Å². The molecule has 1 heterocycles. The van der Waals surface area contributed by atoms with Gasteiger partial charge in [-0.3, -0.25) is 4.68 Å². The molecule has 0 fully saturated rings.